The molecule has 0 aliphatic heterocycles. The summed E-state index contributed by atoms with van der Waals surface area (Å²) in [4.78, 5) is 4.37. The third-order valence-electron chi connectivity index (χ3n) is 3.37. The Morgan fingerprint density at radius 1 is 1.29 bits per heavy atom. The number of rotatable bonds is 1. The lowest BCUT2D eigenvalue weighted by atomic mass is 10.2. The molecule has 0 atom stereocenters. The van der Waals surface area contributed by atoms with Crippen molar-refractivity contribution in [3.8, 4) is 0 Å². The number of nitrogen functional groups attached to an aromatic ring is 1. The number of nitrogens with zero attached hydrogens (tertiary/aromatic N) is 2. The van der Waals surface area contributed by atoms with Gasteiger partial charge in [0.2, 0.25) is 5.95 Å². The average molecular weight is 317 g/mol. The molecule has 0 unspecified atom stereocenters. The molecule has 17 heavy (non-hydrogen) atoms. The molecule has 5 heteroatoms. The average Bonchev–Trinajstić information content (AvgIpc) is 2.83. The van der Waals surface area contributed by atoms with Crippen LogP contribution in [0.4, 0.5) is 5.95 Å². The predicted molar refractivity (Wildman–Crippen MR) is 77.0 cm³/mol. The Morgan fingerprint density at radius 2 is 2.00 bits per heavy atom. The lowest BCUT2D eigenvalue weighted by Gasteiger charge is -2.13. The number of imidazole rings is 1. The minimum atomic E-state index is 0. The van der Waals surface area contributed by atoms with Crippen molar-refractivity contribution in [2.24, 2.45) is 0 Å². The number of anilines is 1. The SMILES string of the molecule is Br.Nc1nc2cc(Cl)ccc2n1C1CCCC1. The molecule has 3 nitrogen and oxygen atoms in total. The van der Waals surface area contributed by atoms with Crippen molar-refractivity contribution in [1.29, 1.82) is 0 Å². The molecule has 1 saturated carbocycles. The Bertz CT molecular complexity index is 532. The highest BCUT2D eigenvalue weighted by molar-refractivity contribution is 8.93. The van der Waals surface area contributed by atoms with Gasteiger partial charge in [0, 0.05) is 11.1 Å². The molecule has 2 aromatic rings. The first kappa shape index (κ1) is 12.7. The van der Waals surface area contributed by atoms with E-state index in [0.29, 0.717) is 17.0 Å². The maximum Gasteiger partial charge on any atom is 0.201 e. The third kappa shape index (κ3) is 2.16. The second-order valence-electron chi connectivity index (χ2n) is 4.41. The normalized spacial score (nSPS) is 16.3. The number of fused-ring (bicyclic) bond motifs is 1. The highest BCUT2D eigenvalue weighted by Crippen LogP contribution is 2.34. The first-order valence-electron chi connectivity index (χ1n) is 5.68. The topological polar surface area (TPSA) is 43.8 Å². The van der Waals surface area contributed by atoms with Gasteiger partial charge in [-0.25, -0.2) is 4.98 Å². The smallest absolute Gasteiger partial charge is 0.201 e. The summed E-state index contributed by atoms with van der Waals surface area (Å²) in [5.41, 5.74) is 8.00. The summed E-state index contributed by atoms with van der Waals surface area (Å²) >= 11 is 5.95. The maximum absolute atomic E-state index is 5.99. The fourth-order valence-electron chi connectivity index (χ4n) is 2.64. The fraction of sp³-hybridized carbons (Fsp3) is 0.417. The van der Waals surface area contributed by atoms with E-state index in [1.807, 2.05) is 18.2 Å². The van der Waals surface area contributed by atoms with Crippen molar-refractivity contribution in [2.45, 2.75) is 31.7 Å². The Hall–Kier alpha value is -0.740. The second kappa shape index (κ2) is 4.86. The molecule has 0 spiro atoms. The van der Waals surface area contributed by atoms with Crippen LogP contribution in [0.5, 0.6) is 0 Å². The van der Waals surface area contributed by atoms with Gasteiger partial charge in [-0.15, -0.1) is 17.0 Å². The number of halogens is 2. The van der Waals surface area contributed by atoms with Crippen LogP contribution in [-0.4, -0.2) is 9.55 Å². The van der Waals surface area contributed by atoms with Gasteiger partial charge in [-0.1, -0.05) is 24.4 Å². The van der Waals surface area contributed by atoms with Crippen molar-refractivity contribution >= 4 is 45.6 Å². The number of aromatic nitrogens is 2. The summed E-state index contributed by atoms with van der Waals surface area (Å²) in [6.45, 7) is 0. The van der Waals surface area contributed by atoms with Crippen LogP contribution in [0.15, 0.2) is 18.2 Å². The molecule has 1 aromatic heterocycles. The van der Waals surface area contributed by atoms with Crippen LogP contribution in [0, 0.1) is 0 Å². The molecule has 1 fully saturated rings. The van der Waals surface area contributed by atoms with E-state index in [-0.39, 0.29) is 17.0 Å². The summed E-state index contributed by atoms with van der Waals surface area (Å²) < 4.78 is 2.17. The first-order chi connectivity index (χ1) is 7.75. The van der Waals surface area contributed by atoms with Gasteiger partial charge in [0.05, 0.1) is 11.0 Å². The lowest BCUT2D eigenvalue weighted by molar-refractivity contribution is 0.539. The van der Waals surface area contributed by atoms with Gasteiger partial charge in [0.1, 0.15) is 0 Å². The number of nitrogens with two attached hydrogens (primary N) is 1. The number of hydrogen-bond acceptors (Lipinski definition) is 2. The minimum Gasteiger partial charge on any atom is -0.369 e. The van der Waals surface area contributed by atoms with E-state index in [9.17, 15) is 0 Å². The van der Waals surface area contributed by atoms with Gasteiger partial charge < -0.3 is 10.3 Å². The quantitative estimate of drug-likeness (QED) is 0.865. The van der Waals surface area contributed by atoms with Gasteiger partial charge in [-0.05, 0) is 31.0 Å². The molecule has 3 rings (SSSR count). The zero-order valence-electron chi connectivity index (χ0n) is 9.40. The molecular weight excluding hydrogens is 302 g/mol. The summed E-state index contributed by atoms with van der Waals surface area (Å²) in [6, 6.07) is 6.31. The molecule has 1 aliphatic carbocycles. The van der Waals surface area contributed by atoms with Crippen LogP contribution in [-0.2, 0) is 0 Å². The maximum atomic E-state index is 5.99. The van der Waals surface area contributed by atoms with Crippen molar-refractivity contribution in [3.63, 3.8) is 0 Å². The molecule has 0 radical (unpaired) electrons. The zero-order chi connectivity index (χ0) is 11.1. The molecule has 0 amide bonds. The second-order valence-corrected chi connectivity index (χ2v) is 4.85. The molecule has 0 bridgehead atoms. The number of hydrogen-bond donors (Lipinski definition) is 1. The zero-order valence-corrected chi connectivity index (χ0v) is 11.9. The van der Waals surface area contributed by atoms with E-state index in [0.717, 1.165) is 11.0 Å². The summed E-state index contributed by atoms with van der Waals surface area (Å²) in [6.07, 6.45) is 4.99. The molecule has 1 aliphatic rings. The predicted octanol–water partition coefficient (Wildman–Crippen LogP) is 3.96. The van der Waals surface area contributed by atoms with Gasteiger partial charge in [-0.2, -0.15) is 0 Å². The molecular formula is C12H15BrClN3. The standard InChI is InChI=1S/C12H14ClN3.BrH/c13-8-5-6-11-10(7-8)15-12(14)16(11)9-3-1-2-4-9;/h5-7,9H,1-4H2,(H2,14,15);1H. The van der Waals surface area contributed by atoms with Crippen LogP contribution in [0.2, 0.25) is 5.02 Å². The largest absolute Gasteiger partial charge is 0.369 e. The lowest BCUT2D eigenvalue weighted by Crippen LogP contribution is -2.08. The highest BCUT2D eigenvalue weighted by Gasteiger charge is 2.21. The van der Waals surface area contributed by atoms with Crippen molar-refractivity contribution in [3.05, 3.63) is 23.2 Å². The summed E-state index contributed by atoms with van der Waals surface area (Å²) in [5.74, 6) is 0.615. The van der Waals surface area contributed by atoms with Crippen LogP contribution < -0.4 is 5.73 Å². The molecule has 92 valence electrons. The van der Waals surface area contributed by atoms with Crippen LogP contribution in [0.1, 0.15) is 31.7 Å². The van der Waals surface area contributed by atoms with E-state index in [2.05, 4.69) is 9.55 Å². The van der Waals surface area contributed by atoms with Crippen LogP contribution in [0.25, 0.3) is 11.0 Å². The minimum absolute atomic E-state index is 0. The summed E-state index contributed by atoms with van der Waals surface area (Å²) in [5, 5.41) is 0.712. The molecule has 1 aromatic carbocycles. The van der Waals surface area contributed by atoms with Crippen molar-refractivity contribution in [2.75, 3.05) is 5.73 Å². The highest BCUT2D eigenvalue weighted by atomic mass is 79.9. The number of benzene rings is 1. The van der Waals surface area contributed by atoms with Crippen molar-refractivity contribution in [1.82, 2.24) is 9.55 Å². The Labute approximate surface area is 116 Å². The Kier molecular flexibility index (Phi) is 3.64. The van der Waals surface area contributed by atoms with Gasteiger partial charge in [-0.3, -0.25) is 0 Å². The monoisotopic (exact) mass is 315 g/mol. The van der Waals surface area contributed by atoms with E-state index >= 15 is 0 Å². The van der Waals surface area contributed by atoms with Gasteiger partial charge >= 0.3 is 0 Å². The first-order valence-corrected chi connectivity index (χ1v) is 6.06. The Balaban J connectivity index is 0.00000108. The fourth-order valence-corrected chi connectivity index (χ4v) is 2.80. The third-order valence-corrected chi connectivity index (χ3v) is 3.60. The molecule has 2 N–H and O–H groups in total. The summed E-state index contributed by atoms with van der Waals surface area (Å²) in [7, 11) is 0. The van der Waals surface area contributed by atoms with Crippen LogP contribution in [0.3, 0.4) is 0 Å². The van der Waals surface area contributed by atoms with E-state index in [1.54, 1.807) is 0 Å². The van der Waals surface area contributed by atoms with Crippen LogP contribution >= 0.6 is 28.6 Å². The van der Waals surface area contributed by atoms with Gasteiger partial charge in [0.25, 0.3) is 0 Å². The van der Waals surface area contributed by atoms with E-state index in [4.69, 9.17) is 17.3 Å². The molecule has 1 heterocycles. The van der Waals surface area contributed by atoms with E-state index < -0.39 is 0 Å². The van der Waals surface area contributed by atoms with Gasteiger partial charge in [0.15, 0.2) is 0 Å². The van der Waals surface area contributed by atoms with Crippen molar-refractivity contribution < 1.29 is 0 Å². The van der Waals surface area contributed by atoms with E-state index in [1.165, 1.54) is 25.7 Å². The molecule has 0 saturated heterocycles. The Morgan fingerprint density at radius 3 is 2.71 bits per heavy atom.